The first-order chi connectivity index (χ1) is 10.7. The SMILES string of the molecule is Cc1cc(C(=O)NC(c2ccccc2)c2ccccc2)on1. The zero-order chi connectivity index (χ0) is 15.4. The van der Waals surface area contributed by atoms with Crippen LogP contribution in [0.25, 0.3) is 0 Å². The smallest absolute Gasteiger partial charge is 0.290 e. The van der Waals surface area contributed by atoms with Crippen molar-refractivity contribution in [2.45, 2.75) is 13.0 Å². The van der Waals surface area contributed by atoms with Gasteiger partial charge in [-0.25, -0.2) is 0 Å². The molecule has 0 radical (unpaired) electrons. The maximum Gasteiger partial charge on any atom is 0.290 e. The maximum absolute atomic E-state index is 12.4. The van der Waals surface area contributed by atoms with Gasteiger partial charge in [0.25, 0.3) is 5.91 Å². The number of nitrogens with one attached hydrogen (secondary N) is 1. The minimum absolute atomic E-state index is 0.217. The summed E-state index contributed by atoms with van der Waals surface area (Å²) in [5.74, 6) is -0.0623. The maximum atomic E-state index is 12.4. The van der Waals surface area contributed by atoms with Crippen molar-refractivity contribution in [2.24, 2.45) is 0 Å². The van der Waals surface area contributed by atoms with Gasteiger partial charge in [-0.3, -0.25) is 4.79 Å². The van der Waals surface area contributed by atoms with Crippen molar-refractivity contribution in [3.63, 3.8) is 0 Å². The quantitative estimate of drug-likeness (QED) is 0.800. The molecular weight excluding hydrogens is 276 g/mol. The van der Waals surface area contributed by atoms with Crippen molar-refractivity contribution in [2.75, 3.05) is 0 Å². The molecule has 110 valence electrons. The van der Waals surface area contributed by atoms with Crippen LogP contribution in [-0.2, 0) is 0 Å². The number of benzene rings is 2. The second-order valence-electron chi connectivity index (χ2n) is 5.06. The predicted octanol–water partition coefficient (Wildman–Crippen LogP) is 3.50. The van der Waals surface area contributed by atoms with Crippen LogP contribution in [0.1, 0.15) is 33.4 Å². The van der Waals surface area contributed by atoms with Crippen LogP contribution in [0, 0.1) is 6.92 Å². The van der Waals surface area contributed by atoms with Crippen molar-refractivity contribution in [3.8, 4) is 0 Å². The van der Waals surface area contributed by atoms with Gasteiger partial charge in [0.2, 0.25) is 5.76 Å². The van der Waals surface area contributed by atoms with Crippen LogP contribution in [0.5, 0.6) is 0 Å². The van der Waals surface area contributed by atoms with E-state index in [1.165, 1.54) is 0 Å². The summed E-state index contributed by atoms with van der Waals surface area (Å²) in [6, 6.07) is 21.1. The third-order valence-corrected chi connectivity index (χ3v) is 3.39. The Labute approximate surface area is 128 Å². The molecule has 0 atom stereocenters. The van der Waals surface area contributed by atoms with E-state index >= 15 is 0 Å². The molecule has 0 aliphatic rings. The Morgan fingerprint density at radius 3 is 2.00 bits per heavy atom. The Morgan fingerprint density at radius 1 is 1.00 bits per heavy atom. The van der Waals surface area contributed by atoms with Crippen LogP contribution < -0.4 is 5.32 Å². The molecule has 0 aliphatic heterocycles. The Bertz CT molecular complexity index is 712. The highest BCUT2D eigenvalue weighted by atomic mass is 16.5. The fourth-order valence-electron chi connectivity index (χ4n) is 2.32. The number of carbonyl (C=O) groups is 1. The average Bonchev–Trinajstić information content (AvgIpc) is 3.01. The molecule has 0 bridgehead atoms. The highest BCUT2D eigenvalue weighted by molar-refractivity contribution is 5.92. The third kappa shape index (κ3) is 3.06. The van der Waals surface area contributed by atoms with Crippen LogP contribution in [0.3, 0.4) is 0 Å². The minimum Gasteiger partial charge on any atom is -0.351 e. The Morgan fingerprint density at radius 2 is 1.55 bits per heavy atom. The van der Waals surface area contributed by atoms with Crippen molar-refractivity contribution in [1.29, 1.82) is 0 Å². The molecule has 3 rings (SSSR count). The summed E-state index contributed by atoms with van der Waals surface area (Å²) < 4.78 is 5.04. The zero-order valence-corrected chi connectivity index (χ0v) is 12.2. The second-order valence-corrected chi connectivity index (χ2v) is 5.06. The van der Waals surface area contributed by atoms with Crippen LogP contribution in [-0.4, -0.2) is 11.1 Å². The molecule has 4 nitrogen and oxygen atoms in total. The molecule has 1 aromatic heterocycles. The molecule has 1 amide bonds. The predicted molar refractivity (Wildman–Crippen MR) is 83.4 cm³/mol. The lowest BCUT2D eigenvalue weighted by Crippen LogP contribution is -2.29. The molecule has 0 fully saturated rings. The average molecular weight is 292 g/mol. The molecule has 0 saturated heterocycles. The van der Waals surface area contributed by atoms with Crippen molar-refractivity contribution < 1.29 is 9.32 Å². The number of aromatic nitrogens is 1. The summed E-state index contributed by atoms with van der Waals surface area (Å²) in [5, 5.41) is 6.76. The first-order valence-electron chi connectivity index (χ1n) is 7.08. The van der Waals surface area contributed by atoms with Gasteiger partial charge in [0.05, 0.1) is 11.7 Å². The van der Waals surface area contributed by atoms with E-state index in [0.29, 0.717) is 5.69 Å². The van der Waals surface area contributed by atoms with Gasteiger partial charge in [-0.15, -0.1) is 0 Å². The van der Waals surface area contributed by atoms with E-state index in [2.05, 4.69) is 10.5 Å². The van der Waals surface area contributed by atoms with Crippen LogP contribution in [0.15, 0.2) is 71.3 Å². The number of amides is 1. The van der Waals surface area contributed by atoms with Crippen molar-refractivity contribution >= 4 is 5.91 Å². The molecule has 4 heteroatoms. The molecule has 0 aliphatic carbocycles. The van der Waals surface area contributed by atoms with E-state index < -0.39 is 0 Å². The lowest BCUT2D eigenvalue weighted by Gasteiger charge is -2.19. The Hall–Kier alpha value is -2.88. The van der Waals surface area contributed by atoms with Gasteiger partial charge in [-0.05, 0) is 18.1 Å². The third-order valence-electron chi connectivity index (χ3n) is 3.39. The van der Waals surface area contributed by atoms with Gasteiger partial charge in [-0.1, -0.05) is 65.8 Å². The summed E-state index contributed by atoms with van der Waals surface area (Å²) in [4.78, 5) is 12.4. The van der Waals surface area contributed by atoms with Gasteiger partial charge in [-0.2, -0.15) is 0 Å². The molecule has 3 aromatic rings. The van der Waals surface area contributed by atoms with E-state index in [0.717, 1.165) is 11.1 Å². The largest absolute Gasteiger partial charge is 0.351 e. The number of hydrogen-bond donors (Lipinski definition) is 1. The molecule has 1 heterocycles. The highest BCUT2D eigenvalue weighted by Crippen LogP contribution is 2.22. The molecule has 2 aromatic carbocycles. The second kappa shape index (κ2) is 6.26. The topological polar surface area (TPSA) is 55.1 Å². The van der Waals surface area contributed by atoms with Gasteiger partial charge < -0.3 is 9.84 Å². The zero-order valence-electron chi connectivity index (χ0n) is 12.2. The van der Waals surface area contributed by atoms with E-state index in [-0.39, 0.29) is 17.7 Å². The summed E-state index contributed by atoms with van der Waals surface area (Å²) in [7, 11) is 0. The fourth-order valence-corrected chi connectivity index (χ4v) is 2.32. The lowest BCUT2D eigenvalue weighted by molar-refractivity contribution is 0.0905. The molecule has 0 saturated carbocycles. The first-order valence-corrected chi connectivity index (χ1v) is 7.08. The summed E-state index contributed by atoms with van der Waals surface area (Å²) in [6.45, 7) is 1.78. The van der Waals surface area contributed by atoms with Gasteiger partial charge in [0.1, 0.15) is 0 Å². The van der Waals surface area contributed by atoms with Gasteiger partial charge >= 0.3 is 0 Å². The van der Waals surface area contributed by atoms with Gasteiger partial charge in [0, 0.05) is 6.07 Å². The summed E-state index contributed by atoms with van der Waals surface area (Å²) >= 11 is 0. The van der Waals surface area contributed by atoms with Crippen LogP contribution in [0.2, 0.25) is 0 Å². The van der Waals surface area contributed by atoms with E-state index in [1.807, 2.05) is 60.7 Å². The minimum atomic E-state index is -0.279. The Balaban J connectivity index is 1.91. The Kier molecular flexibility index (Phi) is 4.01. The summed E-state index contributed by atoms with van der Waals surface area (Å²) in [6.07, 6.45) is 0. The first kappa shape index (κ1) is 14.1. The molecular formula is C18H16N2O2. The molecule has 22 heavy (non-hydrogen) atoms. The number of rotatable bonds is 4. The van der Waals surface area contributed by atoms with Crippen LogP contribution >= 0.6 is 0 Å². The number of nitrogens with zero attached hydrogens (tertiary/aromatic N) is 1. The van der Waals surface area contributed by atoms with Gasteiger partial charge in [0.15, 0.2) is 0 Å². The lowest BCUT2D eigenvalue weighted by atomic mass is 9.98. The number of hydrogen-bond acceptors (Lipinski definition) is 3. The van der Waals surface area contributed by atoms with Crippen molar-refractivity contribution in [3.05, 3.63) is 89.3 Å². The standard InChI is InChI=1S/C18H16N2O2/c1-13-12-16(22-20-13)18(21)19-17(14-8-4-2-5-9-14)15-10-6-3-7-11-15/h2-12,17H,1H3,(H,19,21). The molecule has 0 spiro atoms. The molecule has 0 unspecified atom stereocenters. The fraction of sp³-hybridized carbons (Fsp3) is 0.111. The van der Waals surface area contributed by atoms with E-state index in [9.17, 15) is 4.79 Å². The summed E-state index contributed by atoms with van der Waals surface area (Å²) in [5.41, 5.74) is 2.71. The number of carbonyl (C=O) groups excluding carboxylic acids is 1. The van der Waals surface area contributed by atoms with E-state index in [1.54, 1.807) is 13.0 Å². The highest BCUT2D eigenvalue weighted by Gasteiger charge is 2.19. The molecule has 1 N–H and O–H groups in total. The van der Waals surface area contributed by atoms with Crippen LogP contribution in [0.4, 0.5) is 0 Å². The monoisotopic (exact) mass is 292 g/mol. The normalized spacial score (nSPS) is 10.6. The van der Waals surface area contributed by atoms with E-state index in [4.69, 9.17) is 4.52 Å². The number of aryl methyl sites for hydroxylation is 1. The van der Waals surface area contributed by atoms with Crippen molar-refractivity contribution in [1.82, 2.24) is 10.5 Å².